The number of aliphatic hydroxyl groups is 1. The van der Waals surface area contributed by atoms with Crippen molar-refractivity contribution in [1.29, 1.82) is 0 Å². The van der Waals surface area contributed by atoms with Gasteiger partial charge in [-0.25, -0.2) is 0 Å². The Kier molecular flexibility index (Phi) is 2.72. The van der Waals surface area contributed by atoms with Crippen LogP contribution in [0.4, 0.5) is 0 Å². The molecule has 2 aliphatic heterocycles. The maximum absolute atomic E-state index is 10.4. The number of phenols is 1. The lowest BCUT2D eigenvalue weighted by molar-refractivity contribution is -0.0453. The fraction of sp³-hybridized carbons (Fsp3) is 0.529. The molecule has 0 radical (unpaired) electrons. The number of phenolic OH excluding ortho intramolecular Hbond substituents is 1. The predicted octanol–water partition coefficient (Wildman–Crippen LogP) is 0.373. The molecule has 0 saturated carbocycles. The lowest BCUT2D eigenvalue weighted by Crippen LogP contribution is -2.64. The minimum Gasteiger partial charge on any atom is -0.504 e. The van der Waals surface area contributed by atoms with Crippen LogP contribution in [0.15, 0.2) is 24.3 Å². The molecule has 0 amide bonds. The van der Waals surface area contributed by atoms with Gasteiger partial charge in [-0.15, -0.1) is 0 Å². The van der Waals surface area contributed by atoms with Crippen molar-refractivity contribution < 1.29 is 20.4 Å². The molecular weight excluding hydrogens is 282 g/mol. The molecule has 2 bridgehead atoms. The van der Waals surface area contributed by atoms with E-state index in [0.717, 1.165) is 19.4 Å². The first-order valence-electron chi connectivity index (χ1n) is 7.71. The second-order valence-corrected chi connectivity index (χ2v) is 6.93. The van der Waals surface area contributed by atoms with E-state index in [4.69, 9.17) is 4.74 Å². The van der Waals surface area contributed by atoms with Crippen LogP contribution >= 0.6 is 0 Å². The van der Waals surface area contributed by atoms with E-state index in [9.17, 15) is 10.2 Å². The van der Waals surface area contributed by atoms with Gasteiger partial charge in [0.1, 0.15) is 12.2 Å². The first-order valence-corrected chi connectivity index (χ1v) is 7.71. The van der Waals surface area contributed by atoms with E-state index in [0.29, 0.717) is 17.7 Å². The van der Waals surface area contributed by atoms with E-state index in [-0.39, 0.29) is 22.7 Å². The van der Waals surface area contributed by atoms with Crippen molar-refractivity contribution in [3.8, 4) is 11.5 Å². The van der Waals surface area contributed by atoms with Crippen LogP contribution in [0.25, 0.3) is 0 Å². The average Bonchev–Trinajstić information content (AvgIpc) is 2.83. The number of piperidine rings is 1. The molecule has 1 aromatic carbocycles. The number of ether oxygens (including phenoxy) is 1. The van der Waals surface area contributed by atoms with Gasteiger partial charge in [-0.05, 0) is 38.1 Å². The van der Waals surface area contributed by atoms with Gasteiger partial charge < -0.3 is 25.3 Å². The molecule has 5 nitrogen and oxygen atoms in total. The molecular formula is C17H21NO4. The Hall–Kier alpha value is -1.56. The van der Waals surface area contributed by atoms with E-state index < -0.39 is 6.10 Å². The number of aliphatic hydroxyl groups excluding tert-OH is 1. The molecule has 1 aromatic rings. The summed E-state index contributed by atoms with van der Waals surface area (Å²) in [4.78, 5) is 2.43. The summed E-state index contributed by atoms with van der Waals surface area (Å²) in [6.45, 7) is 1.01. The number of aromatic hydroxyl groups is 1. The van der Waals surface area contributed by atoms with Crippen LogP contribution in [0.2, 0.25) is 0 Å². The third-order valence-corrected chi connectivity index (χ3v) is 6.15. The zero-order valence-electron chi connectivity index (χ0n) is 12.5. The summed E-state index contributed by atoms with van der Waals surface area (Å²) >= 11 is 0. The average molecular weight is 303 g/mol. The topological polar surface area (TPSA) is 84.4 Å². The first kappa shape index (κ1) is 14.1. The van der Waals surface area contributed by atoms with Crippen LogP contribution in [-0.4, -0.2) is 52.4 Å². The molecule has 4 aliphatic rings. The molecule has 0 aromatic heterocycles. The van der Waals surface area contributed by atoms with Crippen LogP contribution < -0.4 is 4.74 Å². The number of hydrogen-bond donors (Lipinski definition) is 2. The Morgan fingerprint density at radius 2 is 2.14 bits per heavy atom. The fourth-order valence-electron chi connectivity index (χ4n) is 5.24. The molecule has 118 valence electrons. The minimum absolute atomic E-state index is 0. The van der Waals surface area contributed by atoms with Crippen LogP contribution in [-0.2, 0) is 11.8 Å². The maximum Gasteiger partial charge on any atom is 0.165 e. The molecule has 1 spiro atoms. The van der Waals surface area contributed by atoms with Gasteiger partial charge in [-0.3, -0.25) is 0 Å². The molecule has 5 heteroatoms. The summed E-state index contributed by atoms with van der Waals surface area (Å²) < 4.78 is 6.09. The zero-order valence-corrected chi connectivity index (χ0v) is 12.5. The van der Waals surface area contributed by atoms with Gasteiger partial charge in [-0.1, -0.05) is 18.2 Å². The number of benzene rings is 1. The highest BCUT2D eigenvalue weighted by Gasteiger charge is 2.64. The quantitative estimate of drug-likeness (QED) is 0.678. The SMILES string of the molecule is CN1CC[C@]23c4c5ccc(O)c4O[C@H]2[C@@H](O)C=C[C@H]3[C@H]1C5.O. The lowest BCUT2D eigenvalue weighted by atomic mass is 9.53. The normalized spacial score (nSPS) is 40.6. The number of likely N-dealkylation sites (tertiary alicyclic amines) is 1. The zero-order chi connectivity index (χ0) is 14.4. The van der Waals surface area contributed by atoms with E-state index in [1.54, 1.807) is 6.07 Å². The molecule has 5 atom stereocenters. The lowest BCUT2D eigenvalue weighted by Gasteiger charge is -2.56. The van der Waals surface area contributed by atoms with Crippen LogP contribution in [0.1, 0.15) is 17.5 Å². The van der Waals surface area contributed by atoms with Gasteiger partial charge in [0, 0.05) is 22.9 Å². The maximum atomic E-state index is 10.4. The Morgan fingerprint density at radius 1 is 1.32 bits per heavy atom. The van der Waals surface area contributed by atoms with Crippen LogP contribution in [0, 0.1) is 5.92 Å². The van der Waals surface area contributed by atoms with Crippen LogP contribution in [0.3, 0.4) is 0 Å². The number of rotatable bonds is 0. The number of hydrogen-bond acceptors (Lipinski definition) is 4. The summed E-state index contributed by atoms with van der Waals surface area (Å²) in [5.41, 5.74) is 2.29. The van der Waals surface area contributed by atoms with Crippen molar-refractivity contribution in [2.24, 2.45) is 5.92 Å². The van der Waals surface area contributed by atoms with Gasteiger partial charge in [-0.2, -0.15) is 0 Å². The molecule has 1 fully saturated rings. The van der Waals surface area contributed by atoms with E-state index in [1.807, 2.05) is 12.1 Å². The molecule has 22 heavy (non-hydrogen) atoms. The highest BCUT2D eigenvalue weighted by Crippen LogP contribution is 2.62. The summed E-state index contributed by atoms with van der Waals surface area (Å²) in [5, 5.41) is 20.6. The van der Waals surface area contributed by atoms with Crippen molar-refractivity contribution in [1.82, 2.24) is 4.90 Å². The number of nitrogens with zero attached hydrogens (tertiary/aromatic N) is 1. The Labute approximate surface area is 129 Å². The van der Waals surface area contributed by atoms with Crippen molar-refractivity contribution in [3.63, 3.8) is 0 Å². The largest absolute Gasteiger partial charge is 0.504 e. The molecule has 2 aliphatic carbocycles. The second-order valence-electron chi connectivity index (χ2n) is 6.93. The van der Waals surface area contributed by atoms with E-state index in [1.165, 1.54) is 11.1 Å². The molecule has 2 heterocycles. The highest BCUT2D eigenvalue weighted by molar-refractivity contribution is 5.61. The van der Waals surface area contributed by atoms with Gasteiger partial charge in [0.2, 0.25) is 0 Å². The van der Waals surface area contributed by atoms with Crippen molar-refractivity contribution in [3.05, 3.63) is 35.4 Å². The molecule has 0 unspecified atom stereocenters. The van der Waals surface area contributed by atoms with Crippen molar-refractivity contribution in [2.75, 3.05) is 13.6 Å². The van der Waals surface area contributed by atoms with E-state index >= 15 is 0 Å². The number of likely N-dealkylation sites (N-methyl/N-ethyl adjacent to an activating group) is 1. The predicted molar refractivity (Wildman–Crippen MR) is 81.2 cm³/mol. The summed E-state index contributed by atoms with van der Waals surface area (Å²) in [6.07, 6.45) is 5.18. The van der Waals surface area contributed by atoms with Crippen molar-refractivity contribution >= 4 is 0 Å². The highest BCUT2D eigenvalue weighted by atomic mass is 16.5. The minimum atomic E-state index is -0.594. The third-order valence-electron chi connectivity index (χ3n) is 6.15. The monoisotopic (exact) mass is 303 g/mol. The summed E-state index contributed by atoms with van der Waals surface area (Å²) in [5.74, 6) is 1.19. The summed E-state index contributed by atoms with van der Waals surface area (Å²) in [6, 6.07) is 4.23. The van der Waals surface area contributed by atoms with Gasteiger partial charge in [0.25, 0.3) is 0 Å². The van der Waals surface area contributed by atoms with E-state index in [2.05, 4.69) is 18.0 Å². The smallest absolute Gasteiger partial charge is 0.165 e. The third kappa shape index (κ3) is 1.35. The second kappa shape index (κ2) is 4.25. The molecule has 1 saturated heterocycles. The van der Waals surface area contributed by atoms with Gasteiger partial charge in [0.05, 0.1) is 0 Å². The van der Waals surface area contributed by atoms with Crippen molar-refractivity contribution in [2.45, 2.75) is 36.5 Å². The van der Waals surface area contributed by atoms with Crippen LogP contribution in [0.5, 0.6) is 11.5 Å². The van der Waals surface area contributed by atoms with Gasteiger partial charge in [0.15, 0.2) is 11.5 Å². The Bertz CT molecular complexity index is 673. The standard InChI is InChI=1S/C17H19NO3.H2O/c1-18-7-6-17-10-3-5-13(20)16(17)21-15-12(19)4-2-9(14(15)17)8-11(10)18;/h2-5,10-11,13,16,19-20H,6-8H2,1H3;1H2/t10-,11+,13-,16-,17-;/m0./s1. The summed E-state index contributed by atoms with van der Waals surface area (Å²) in [7, 11) is 2.19. The fourth-order valence-corrected chi connectivity index (χ4v) is 5.24. The Balaban J connectivity index is 0.00000125. The molecule has 5 rings (SSSR count). The Morgan fingerprint density at radius 3 is 2.95 bits per heavy atom. The first-order chi connectivity index (χ1) is 10.1. The van der Waals surface area contributed by atoms with Gasteiger partial charge >= 0.3 is 0 Å². The molecule has 4 N–H and O–H groups in total.